The smallest absolute Gasteiger partial charge is 0.240 e. The Morgan fingerprint density at radius 3 is 1.83 bits per heavy atom. The number of hydrogen-bond acceptors (Lipinski definition) is 2. The molecular formula is C26H26N2O2. The molecule has 1 atom stereocenters. The second kappa shape index (κ2) is 8.15. The molecule has 0 spiro atoms. The highest BCUT2D eigenvalue weighted by Crippen LogP contribution is 2.21. The van der Waals surface area contributed by atoms with Crippen LogP contribution in [0.1, 0.15) is 43.9 Å². The van der Waals surface area contributed by atoms with E-state index in [-0.39, 0.29) is 23.9 Å². The summed E-state index contributed by atoms with van der Waals surface area (Å²) in [5.41, 5.74) is 3.89. The predicted molar refractivity (Wildman–Crippen MR) is 123 cm³/mol. The van der Waals surface area contributed by atoms with Gasteiger partial charge >= 0.3 is 0 Å². The van der Waals surface area contributed by atoms with E-state index in [1.54, 1.807) is 0 Å². The molecule has 0 aliphatic rings. The van der Waals surface area contributed by atoms with Gasteiger partial charge in [-0.2, -0.15) is 0 Å². The summed E-state index contributed by atoms with van der Waals surface area (Å²) in [7, 11) is 0. The summed E-state index contributed by atoms with van der Waals surface area (Å²) in [6.45, 7) is 6.47. The van der Waals surface area contributed by atoms with Crippen molar-refractivity contribution in [1.82, 2.24) is 9.88 Å². The Bertz CT molecular complexity index is 1210. The molecule has 0 aliphatic heterocycles. The molecular weight excluding hydrogens is 372 g/mol. The van der Waals surface area contributed by atoms with Crippen molar-refractivity contribution >= 4 is 27.7 Å². The number of benzene rings is 3. The topological polar surface area (TPSA) is 51.1 Å². The van der Waals surface area contributed by atoms with Crippen molar-refractivity contribution in [3.8, 4) is 0 Å². The molecule has 1 aromatic heterocycles. The van der Waals surface area contributed by atoms with Gasteiger partial charge in [0.2, 0.25) is 5.91 Å². The highest BCUT2D eigenvalue weighted by Gasteiger charge is 2.15. The van der Waals surface area contributed by atoms with Gasteiger partial charge < -0.3 is 9.88 Å². The SMILES string of the molecule is CC(C)c1ccc(C(C)NC(=O)Cn2c3ccccc3c(=O)c3ccccc32)cc1. The van der Waals surface area contributed by atoms with Gasteiger partial charge in [0.15, 0.2) is 5.43 Å². The average Bonchev–Trinajstić information content (AvgIpc) is 2.76. The van der Waals surface area contributed by atoms with Crippen LogP contribution in [0.5, 0.6) is 0 Å². The van der Waals surface area contributed by atoms with Gasteiger partial charge in [0.25, 0.3) is 0 Å². The number of pyridine rings is 1. The molecule has 4 nitrogen and oxygen atoms in total. The predicted octanol–water partition coefficient (Wildman–Crippen LogP) is 5.16. The lowest BCUT2D eigenvalue weighted by atomic mass is 9.99. The number of nitrogens with zero attached hydrogens (tertiary/aromatic N) is 1. The molecule has 3 aromatic carbocycles. The first-order valence-corrected chi connectivity index (χ1v) is 10.3. The van der Waals surface area contributed by atoms with Gasteiger partial charge in [-0.3, -0.25) is 9.59 Å². The second-order valence-corrected chi connectivity index (χ2v) is 8.06. The third-order valence-electron chi connectivity index (χ3n) is 5.66. The van der Waals surface area contributed by atoms with Gasteiger partial charge in [-0.05, 0) is 48.2 Å². The average molecular weight is 399 g/mol. The number of aromatic nitrogens is 1. The van der Waals surface area contributed by atoms with Gasteiger partial charge in [0.05, 0.1) is 17.1 Å². The Morgan fingerprint density at radius 2 is 1.30 bits per heavy atom. The van der Waals surface area contributed by atoms with Gasteiger partial charge in [-0.1, -0.05) is 62.4 Å². The third kappa shape index (κ3) is 3.73. The minimum atomic E-state index is -0.101. The van der Waals surface area contributed by atoms with Gasteiger partial charge in [0, 0.05) is 10.8 Å². The lowest BCUT2D eigenvalue weighted by Gasteiger charge is -2.18. The molecule has 152 valence electrons. The van der Waals surface area contributed by atoms with E-state index >= 15 is 0 Å². The summed E-state index contributed by atoms with van der Waals surface area (Å²) in [5, 5.41) is 4.35. The first kappa shape index (κ1) is 19.9. The van der Waals surface area contributed by atoms with Crippen molar-refractivity contribution in [3.05, 3.63) is 94.1 Å². The highest BCUT2D eigenvalue weighted by atomic mass is 16.2. The zero-order valence-electron chi connectivity index (χ0n) is 17.6. The van der Waals surface area contributed by atoms with Crippen molar-refractivity contribution in [2.45, 2.75) is 39.3 Å². The number of carbonyl (C=O) groups is 1. The molecule has 0 radical (unpaired) electrons. The summed E-state index contributed by atoms with van der Waals surface area (Å²) >= 11 is 0. The normalized spacial score (nSPS) is 12.4. The first-order valence-electron chi connectivity index (χ1n) is 10.3. The standard InChI is InChI=1S/C26H26N2O2/c1-17(2)19-12-14-20(15-13-19)18(3)27-25(29)16-28-23-10-6-4-8-21(23)26(30)22-9-5-7-11-24(22)28/h4-15,17-18H,16H2,1-3H3,(H,27,29). The minimum absolute atomic E-state index is 0.00327. The molecule has 4 aromatic rings. The van der Waals surface area contributed by atoms with Crippen LogP contribution in [0.25, 0.3) is 21.8 Å². The van der Waals surface area contributed by atoms with Gasteiger partial charge in [0.1, 0.15) is 6.54 Å². The van der Waals surface area contributed by atoms with E-state index in [1.165, 1.54) is 5.56 Å². The summed E-state index contributed by atoms with van der Waals surface area (Å²) in [6, 6.07) is 23.2. The maximum Gasteiger partial charge on any atom is 0.240 e. The first-order chi connectivity index (χ1) is 14.5. The van der Waals surface area contributed by atoms with Crippen LogP contribution in [0, 0.1) is 0 Å². The van der Waals surface area contributed by atoms with Crippen LogP contribution in [-0.4, -0.2) is 10.5 Å². The molecule has 4 rings (SSSR count). The maximum atomic E-state index is 12.9. The minimum Gasteiger partial charge on any atom is -0.348 e. The number of rotatable bonds is 5. The van der Waals surface area contributed by atoms with E-state index < -0.39 is 0 Å². The van der Waals surface area contributed by atoms with Crippen LogP contribution >= 0.6 is 0 Å². The molecule has 0 fully saturated rings. The molecule has 1 heterocycles. The van der Waals surface area contributed by atoms with Gasteiger partial charge in [-0.25, -0.2) is 0 Å². The van der Waals surface area contributed by atoms with Crippen molar-refractivity contribution in [2.75, 3.05) is 0 Å². The van der Waals surface area contributed by atoms with E-state index in [0.717, 1.165) is 16.6 Å². The number of amides is 1. The van der Waals surface area contributed by atoms with Crippen LogP contribution < -0.4 is 10.7 Å². The van der Waals surface area contributed by atoms with Crippen molar-refractivity contribution in [3.63, 3.8) is 0 Å². The molecule has 30 heavy (non-hydrogen) atoms. The fourth-order valence-electron chi connectivity index (χ4n) is 3.93. The fourth-order valence-corrected chi connectivity index (χ4v) is 3.93. The molecule has 4 heteroatoms. The van der Waals surface area contributed by atoms with Crippen LogP contribution in [0.3, 0.4) is 0 Å². The Labute approximate surface area is 176 Å². The van der Waals surface area contributed by atoms with Crippen LogP contribution in [0.4, 0.5) is 0 Å². The van der Waals surface area contributed by atoms with E-state index in [2.05, 4.69) is 43.4 Å². The molecule has 1 N–H and O–H groups in total. The van der Waals surface area contributed by atoms with Crippen molar-refractivity contribution < 1.29 is 4.79 Å². The van der Waals surface area contributed by atoms with Crippen molar-refractivity contribution in [2.24, 2.45) is 0 Å². The Hall–Kier alpha value is -3.40. The zero-order valence-corrected chi connectivity index (χ0v) is 17.6. The molecule has 0 saturated heterocycles. The number of nitrogens with one attached hydrogen (secondary N) is 1. The van der Waals surface area contributed by atoms with Crippen LogP contribution in [0.15, 0.2) is 77.6 Å². The van der Waals surface area contributed by atoms with E-state index in [9.17, 15) is 9.59 Å². The van der Waals surface area contributed by atoms with Crippen LogP contribution in [-0.2, 0) is 11.3 Å². The number of fused-ring (bicyclic) bond motifs is 2. The quantitative estimate of drug-likeness (QED) is 0.472. The van der Waals surface area contributed by atoms with Crippen molar-refractivity contribution in [1.29, 1.82) is 0 Å². The third-order valence-corrected chi connectivity index (χ3v) is 5.66. The summed E-state index contributed by atoms with van der Waals surface area (Å²) in [6.07, 6.45) is 0. The van der Waals surface area contributed by atoms with E-state index in [0.29, 0.717) is 16.7 Å². The fraction of sp³-hybridized carbons (Fsp3) is 0.231. The molecule has 0 aliphatic carbocycles. The van der Waals surface area contributed by atoms with Gasteiger partial charge in [-0.15, -0.1) is 0 Å². The lowest BCUT2D eigenvalue weighted by molar-refractivity contribution is -0.122. The summed E-state index contributed by atoms with van der Waals surface area (Å²) < 4.78 is 1.93. The molecule has 0 saturated carbocycles. The number of hydrogen-bond donors (Lipinski definition) is 1. The number of para-hydroxylation sites is 2. The largest absolute Gasteiger partial charge is 0.348 e. The summed E-state index contributed by atoms with van der Waals surface area (Å²) in [4.78, 5) is 25.8. The zero-order chi connectivity index (χ0) is 21.3. The Morgan fingerprint density at radius 1 is 0.800 bits per heavy atom. The molecule has 1 amide bonds. The monoisotopic (exact) mass is 398 g/mol. The number of carbonyl (C=O) groups excluding carboxylic acids is 1. The van der Waals surface area contributed by atoms with Crippen LogP contribution in [0.2, 0.25) is 0 Å². The van der Waals surface area contributed by atoms with E-state index in [4.69, 9.17) is 0 Å². The molecule has 1 unspecified atom stereocenters. The Kier molecular flexibility index (Phi) is 5.40. The Balaban J connectivity index is 1.64. The van der Waals surface area contributed by atoms with E-state index in [1.807, 2.05) is 60.0 Å². The second-order valence-electron chi connectivity index (χ2n) is 8.06. The highest BCUT2D eigenvalue weighted by molar-refractivity contribution is 5.94. The maximum absolute atomic E-state index is 12.9. The lowest BCUT2D eigenvalue weighted by Crippen LogP contribution is -2.30. The summed E-state index contributed by atoms with van der Waals surface area (Å²) in [5.74, 6) is 0.389. The molecule has 0 bridgehead atoms.